The Morgan fingerprint density at radius 3 is 2.22 bits per heavy atom. The molecule has 1 heterocycles. The summed E-state index contributed by atoms with van der Waals surface area (Å²) in [5.41, 5.74) is 4.22. The smallest absolute Gasteiger partial charge is 0.262 e. The van der Waals surface area contributed by atoms with E-state index in [9.17, 15) is 4.79 Å². The molecule has 2 nitrogen and oxygen atoms in total. The molecule has 3 aromatic carbocycles. The van der Waals surface area contributed by atoms with Gasteiger partial charge in [-0.25, -0.2) is 0 Å². The van der Waals surface area contributed by atoms with Gasteiger partial charge >= 0.3 is 0 Å². The highest BCUT2D eigenvalue weighted by Gasteiger charge is 2.31. The van der Waals surface area contributed by atoms with Crippen molar-refractivity contribution < 1.29 is 4.79 Å². The molecule has 1 aliphatic heterocycles. The van der Waals surface area contributed by atoms with Gasteiger partial charge in [-0.2, -0.15) is 0 Å². The molecule has 0 saturated carbocycles. The molecular formula is C23H15BrClNO. The number of hydrogen-bond acceptors (Lipinski definition) is 1. The summed E-state index contributed by atoms with van der Waals surface area (Å²) in [5.74, 6) is -0.0595. The number of amides is 1. The first-order valence-electron chi connectivity index (χ1n) is 8.47. The summed E-state index contributed by atoms with van der Waals surface area (Å²) >= 11 is 9.54. The van der Waals surface area contributed by atoms with Crippen LogP contribution in [0.4, 0.5) is 5.69 Å². The molecule has 0 saturated heterocycles. The molecule has 0 N–H and O–H groups in total. The number of carbonyl (C=O) groups excluding carboxylic acids is 1. The van der Waals surface area contributed by atoms with Gasteiger partial charge in [-0.15, -0.1) is 0 Å². The van der Waals surface area contributed by atoms with Crippen LogP contribution in [0.2, 0.25) is 5.02 Å². The molecule has 0 aromatic heterocycles. The molecule has 27 heavy (non-hydrogen) atoms. The van der Waals surface area contributed by atoms with Crippen molar-refractivity contribution in [3.05, 3.63) is 111 Å². The predicted octanol–water partition coefficient (Wildman–Crippen LogP) is 6.57. The van der Waals surface area contributed by atoms with Crippen molar-refractivity contribution in [1.29, 1.82) is 0 Å². The van der Waals surface area contributed by atoms with Crippen LogP contribution in [0, 0.1) is 0 Å². The highest BCUT2D eigenvalue weighted by atomic mass is 79.9. The predicted molar refractivity (Wildman–Crippen MR) is 115 cm³/mol. The summed E-state index contributed by atoms with van der Waals surface area (Å²) in [6.45, 7) is 0. The molecule has 0 fully saturated rings. The molecule has 0 spiro atoms. The van der Waals surface area contributed by atoms with Crippen LogP contribution in [0.3, 0.4) is 0 Å². The van der Waals surface area contributed by atoms with E-state index in [1.165, 1.54) is 0 Å². The van der Waals surface area contributed by atoms with E-state index >= 15 is 0 Å². The number of anilines is 1. The fraction of sp³-hybridized carbons (Fsp3) is 0. The Morgan fingerprint density at radius 1 is 0.852 bits per heavy atom. The summed E-state index contributed by atoms with van der Waals surface area (Å²) in [6.07, 6.45) is 3.82. The molecule has 3 aromatic rings. The third-order valence-corrected chi connectivity index (χ3v) is 5.26. The van der Waals surface area contributed by atoms with E-state index in [1.807, 2.05) is 91.0 Å². The Morgan fingerprint density at radius 2 is 1.52 bits per heavy atom. The topological polar surface area (TPSA) is 20.3 Å². The van der Waals surface area contributed by atoms with Gasteiger partial charge in [-0.05, 0) is 63.5 Å². The lowest BCUT2D eigenvalue weighted by molar-refractivity contribution is -0.113. The molecule has 4 heteroatoms. The van der Waals surface area contributed by atoms with Crippen molar-refractivity contribution >= 4 is 50.9 Å². The van der Waals surface area contributed by atoms with Crippen LogP contribution in [0.5, 0.6) is 0 Å². The number of para-hydroxylation sites is 1. The van der Waals surface area contributed by atoms with Gasteiger partial charge in [0.2, 0.25) is 0 Å². The molecule has 0 unspecified atom stereocenters. The summed E-state index contributed by atoms with van der Waals surface area (Å²) in [6, 6.07) is 25.1. The van der Waals surface area contributed by atoms with Gasteiger partial charge in [-0.1, -0.05) is 66.2 Å². The first kappa shape index (κ1) is 17.8. The van der Waals surface area contributed by atoms with Crippen molar-refractivity contribution in [3.63, 3.8) is 0 Å². The monoisotopic (exact) mass is 435 g/mol. The maximum atomic E-state index is 13.3. The minimum Gasteiger partial charge on any atom is -0.275 e. The highest BCUT2D eigenvalue weighted by Crippen LogP contribution is 2.38. The van der Waals surface area contributed by atoms with Gasteiger partial charge in [0.1, 0.15) is 0 Å². The van der Waals surface area contributed by atoms with Crippen molar-refractivity contribution in [2.24, 2.45) is 0 Å². The molecule has 0 radical (unpaired) electrons. The molecule has 1 amide bonds. The Kier molecular flexibility index (Phi) is 4.97. The van der Waals surface area contributed by atoms with Crippen molar-refractivity contribution in [1.82, 2.24) is 0 Å². The molecular weight excluding hydrogens is 422 g/mol. The minimum absolute atomic E-state index is 0.0595. The standard InChI is InChI=1S/C23H15BrClNO/c24-20-8-4-5-9-21(20)26-22(17-6-2-1-3-7-17)15-18(23(26)27)14-16-10-12-19(25)13-11-16/h1-15H/b18-14+. The third kappa shape index (κ3) is 3.61. The molecule has 0 aliphatic carbocycles. The van der Waals surface area contributed by atoms with E-state index in [4.69, 9.17) is 11.6 Å². The number of benzene rings is 3. The second-order valence-corrected chi connectivity index (χ2v) is 7.43. The largest absolute Gasteiger partial charge is 0.275 e. The summed E-state index contributed by atoms with van der Waals surface area (Å²) in [5, 5.41) is 0.672. The van der Waals surface area contributed by atoms with Gasteiger partial charge < -0.3 is 0 Å². The minimum atomic E-state index is -0.0595. The van der Waals surface area contributed by atoms with Gasteiger partial charge in [0.25, 0.3) is 5.91 Å². The Bertz CT molecular complexity index is 1060. The molecule has 1 aliphatic rings. The zero-order chi connectivity index (χ0) is 18.8. The first-order chi connectivity index (χ1) is 13.1. The van der Waals surface area contributed by atoms with E-state index < -0.39 is 0 Å². The highest BCUT2D eigenvalue weighted by molar-refractivity contribution is 9.10. The summed E-state index contributed by atoms with van der Waals surface area (Å²) in [4.78, 5) is 15.0. The third-order valence-electron chi connectivity index (χ3n) is 4.34. The lowest BCUT2D eigenvalue weighted by atomic mass is 10.1. The summed E-state index contributed by atoms with van der Waals surface area (Å²) in [7, 11) is 0. The normalized spacial score (nSPS) is 15.3. The number of halogens is 2. The molecule has 132 valence electrons. The number of carbonyl (C=O) groups is 1. The fourth-order valence-corrected chi connectivity index (χ4v) is 3.64. The number of hydrogen-bond donors (Lipinski definition) is 0. The van der Waals surface area contributed by atoms with Gasteiger partial charge in [0.05, 0.1) is 11.4 Å². The number of nitrogens with zero attached hydrogens (tertiary/aromatic N) is 1. The van der Waals surface area contributed by atoms with Crippen molar-refractivity contribution in [2.45, 2.75) is 0 Å². The molecule has 0 atom stereocenters. The first-order valence-corrected chi connectivity index (χ1v) is 9.64. The average Bonchev–Trinajstić information content (AvgIpc) is 3.01. The van der Waals surface area contributed by atoms with Gasteiger partial charge in [0.15, 0.2) is 0 Å². The van der Waals surface area contributed by atoms with E-state index in [0.717, 1.165) is 27.0 Å². The zero-order valence-electron chi connectivity index (χ0n) is 14.3. The van der Waals surface area contributed by atoms with Crippen LogP contribution in [0.15, 0.2) is 95.0 Å². The van der Waals surface area contributed by atoms with Crippen LogP contribution < -0.4 is 4.90 Å². The van der Waals surface area contributed by atoms with Gasteiger partial charge in [-0.3, -0.25) is 9.69 Å². The van der Waals surface area contributed by atoms with Gasteiger partial charge in [0, 0.05) is 15.1 Å². The quantitative estimate of drug-likeness (QED) is 0.425. The van der Waals surface area contributed by atoms with E-state index in [-0.39, 0.29) is 5.91 Å². The maximum Gasteiger partial charge on any atom is 0.262 e. The second-order valence-electron chi connectivity index (χ2n) is 6.14. The van der Waals surface area contributed by atoms with Crippen LogP contribution in [0.25, 0.3) is 11.8 Å². The van der Waals surface area contributed by atoms with E-state index in [2.05, 4.69) is 15.9 Å². The lowest BCUT2D eigenvalue weighted by Gasteiger charge is -2.22. The van der Waals surface area contributed by atoms with Crippen molar-refractivity contribution in [2.75, 3.05) is 4.90 Å². The SMILES string of the molecule is O=C1/C(=C/c2ccc(Cl)cc2)C=C(c2ccccc2)N1c1ccccc1Br. The Balaban J connectivity index is 1.84. The van der Waals surface area contributed by atoms with Crippen LogP contribution in [-0.4, -0.2) is 5.91 Å². The Hall–Kier alpha value is -2.62. The second kappa shape index (κ2) is 7.55. The molecule has 4 rings (SSSR count). The van der Waals surface area contributed by atoms with E-state index in [1.54, 1.807) is 4.90 Å². The summed E-state index contributed by atoms with van der Waals surface area (Å²) < 4.78 is 0.868. The lowest BCUT2D eigenvalue weighted by Crippen LogP contribution is -2.25. The average molecular weight is 437 g/mol. The van der Waals surface area contributed by atoms with E-state index in [0.29, 0.717) is 10.6 Å². The van der Waals surface area contributed by atoms with Crippen LogP contribution in [0.1, 0.15) is 11.1 Å². The fourth-order valence-electron chi connectivity index (χ4n) is 3.05. The van der Waals surface area contributed by atoms with Crippen LogP contribution >= 0.6 is 27.5 Å². The molecule has 0 bridgehead atoms. The Labute approximate surface area is 171 Å². The number of rotatable bonds is 3. The zero-order valence-corrected chi connectivity index (χ0v) is 16.6. The maximum absolute atomic E-state index is 13.3. The van der Waals surface area contributed by atoms with Crippen LogP contribution in [-0.2, 0) is 4.79 Å². The van der Waals surface area contributed by atoms with Crippen molar-refractivity contribution in [3.8, 4) is 0 Å².